The highest BCUT2D eigenvalue weighted by Gasteiger charge is 2.32. The number of hydrogen-bond acceptors (Lipinski definition) is 4. The highest BCUT2D eigenvalue weighted by molar-refractivity contribution is 7.80. The molecule has 0 aliphatic carbocycles. The number of hydrogen-bond donors (Lipinski definition) is 2. The van der Waals surface area contributed by atoms with E-state index in [1.54, 1.807) is 26.4 Å². The summed E-state index contributed by atoms with van der Waals surface area (Å²) in [7, 11) is 3.16. The van der Waals surface area contributed by atoms with Crippen molar-refractivity contribution >= 4 is 23.1 Å². The smallest absolute Gasteiger partial charge is 0.193 e. The minimum absolute atomic E-state index is 0.0690. The Labute approximate surface area is 158 Å². The molecule has 0 fully saturated rings. The van der Waals surface area contributed by atoms with Gasteiger partial charge in [-0.1, -0.05) is 42.5 Å². The number of allylic oxidation sites excluding steroid dienone is 1. The molecule has 3 rings (SSSR count). The molecule has 6 heteroatoms. The van der Waals surface area contributed by atoms with Crippen molar-refractivity contribution in [3.05, 3.63) is 70.9 Å². The molecule has 1 heterocycles. The third kappa shape index (κ3) is 3.28. The van der Waals surface area contributed by atoms with E-state index in [0.29, 0.717) is 27.7 Å². The molecule has 0 spiro atoms. The fourth-order valence-corrected chi connectivity index (χ4v) is 3.38. The van der Waals surface area contributed by atoms with Crippen LogP contribution in [0.2, 0.25) is 0 Å². The van der Waals surface area contributed by atoms with Crippen molar-refractivity contribution in [3.63, 3.8) is 0 Å². The Balaban J connectivity index is 2.14. The molecule has 0 unspecified atom stereocenters. The summed E-state index contributed by atoms with van der Waals surface area (Å²) in [5, 5.41) is 6.71. The van der Waals surface area contributed by atoms with Crippen LogP contribution in [0.4, 0.5) is 0 Å². The highest BCUT2D eigenvalue weighted by Crippen LogP contribution is 2.39. The van der Waals surface area contributed by atoms with E-state index in [4.69, 9.17) is 21.7 Å². The molecule has 1 atom stereocenters. The molecule has 0 saturated carbocycles. The molecular formula is C20H20N2O3S. The summed E-state index contributed by atoms with van der Waals surface area (Å²) < 4.78 is 11.0. The van der Waals surface area contributed by atoms with Gasteiger partial charge in [-0.3, -0.25) is 4.79 Å². The number of thiocarbonyl (C=S) groups is 1. The van der Waals surface area contributed by atoms with Crippen LogP contribution in [0.1, 0.15) is 28.9 Å². The van der Waals surface area contributed by atoms with Gasteiger partial charge in [0.25, 0.3) is 0 Å². The first-order chi connectivity index (χ1) is 12.6. The van der Waals surface area contributed by atoms with E-state index < -0.39 is 6.04 Å². The van der Waals surface area contributed by atoms with Crippen molar-refractivity contribution in [2.45, 2.75) is 13.0 Å². The van der Waals surface area contributed by atoms with Crippen molar-refractivity contribution in [1.82, 2.24) is 10.6 Å². The van der Waals surface area contributed by atoms with Gasteiger partial charge in [-0.05, 0) is 25.2 Å². The molecule has 0 saturated heterocycles. The van der Waals surface area contributed by atoms with Crippen LogP contribution in [0.25, 0.3) is 0 Å². The Kier molecular flexibility index (Phi) is 5.23. The summed E-state index contributed by atoms with van der Waals surface area (Å²) in [4.78, 5) is 13.2. The van der Waals surface area contributed by atoms with Gasteiger partial charge in [0.15, 0.2) is 22.4 Å². The van der Waals surface area contributed by atoms with Gasteiger partial charge in [-0.15, -0.1) is 0 Å². The van der Waals surface area contributed by atoms with E-state index in [-0.39, 0.29) is 5.78 Å². The van der Waals surface area contributed by atoms with Crippen LogP contribution in [0.15, 0.2) is 59.8 Å². The summed E-state index contributed by atoms with van der Waals surface area (Å²) in [6.07, 6.45) is 0. The van der Waals surface area contributed by atoms with Gasteiger partial charge in [-0.25, -0.2) is 0 Å². The fraction of sp³-hybridized carbons (Fsp3) is 0.200. The van der Waals surface area contributed by atoms with E-state index in [2.05, 4.69) is 10.6 Å². The molecule has 0 radical (unpaired) electrons. The van der Waals surface area contributed by atoms with Crippen molar-refractivity contribution in [2.75, 3.05) is 14.2 Å². The Hall–Kier alpha value is -2.86. The van der Waals surface area contributed by atoms with Crippen LogP contribution >= 0.6 is 12.2 Å². The quantitative estimate of drug-likeness (QED) is 0.623. The zero-order valence-corrected chi connectivity index (χ0v) is 15.6. The van der Waals surface area contributed by atoms with E-state index in [0.717, 1.165) is 11.3 Å². The summed E-state index contributed by atoms with van der Waals surface area (Å²) in [6, 6.07) is 14.3. The number of ether oxygens (including phenoxy) is 2. The molecule has 1 aliphatic rings. The van der Waals surface area contributed by atoms with Crippen molar-refractivity contribution < 1.29 is 14.3 Å². The van der Waals surface area contributed by atoms with Crippen molar-refractivity contribution in [2.24, 2.45) is 0 Å². The zero-order chi connectivity index (χ0) is 18.7. The molecule has 0 amide bonds. The molecule has 1 aliphatic heterocycles. The lowest BCUT2D eigenvalue weighted by atomic mass is 9.89. The number of methoxy groups -OCH3 is 2. The lowest BCUT2D eigenvalue weighted by Gasteiger charge is -2.31. The van der Waals surface area contributed by atoms with Crippen molar-refractivity contribution in [3.8, 4) is 11.5 Å². The normalized spacial score (nSPS) is 16.6. The molecule has 0 bridgehead atoms. The molecule has 2 aromatic carbocycles. The van der Waals surface area contributed by atoms with E-state index in [9.17, 15) is 4.79 Å². The Morgan fingerprint density at radius 2 is 1.77 bits per heavy atom. The van der Waals surface area contributed by atoms with Gasteiger partial charge in [0.05, 0.1) is 20.3 Å². The van der Waals surface area contributed by atoms with Gasteiger partial charge in [-0.2, -0.15) is 0 Å². The van der Waals surface area contributed by atoms with E-state index in [1.807, 2.05) is 43.3 Å². The zero-order valence-electron chi connectivity index (χ0n) is 14.8. The molecule has 5 nitrogen and oxygen atoms in total. The first-order valence-electron chi connectivity index (χ1n) is 8.15. The van der Waals surface area contributed by atoms with Crippen LogP contribution in [-0.4, -0.2) is 25.1 Å². The minimum Gasteiger partial charge on any atom is -0.493 e. The summed E-state index contributed by atoms with van der Waals surface area (Å²) in [5.41, 5.74) is 2.72. The van der Waals surface area contributed by atoms with Crippen LogP contribution in [0.5, 0.6) is 11.5 Å². The molecule has 134 valence electrons. The lowest BCUT2D eigenvalue weighted by Crippen LogP contribution is -2.45. The maximum atomic E-state index is 13.2. The number of nitrogens with one attached hydrogen (secondary N) is 2. The largest absolute Gasteiger partial charge is 0.493 e. The highest BCUT2D eigenvalue weighted by atomic mass is 32.1. The van der Waals surface area contributed by atoms with E-state index in [1.165, 1.54) is 0 Å². The van der Waals surface area contributed by atoms with Crippen LogP contribution < -0.4 is 20.1 Å². The monoisotopic (exact) mass is 368 g/mol. The SMILES string of the molecule is COc1cccc([C@@H]2NC(=S)NC(C)=C2C(=O)c2ccccc2)c1OC. The van der Waals surface area contributed by atoms with Gasteiger partial charge in [0.2, 0.25) is 0 Å². The van der Waals surface area contributed by atoms with Crippen molar-refractivity contribution in [1.29, 1.82) is 0 Å². The average Bonchev–Trinajstić information content (AvgIpc) is 2.66. The number of benzene rings is 2. The van der Waals surface area contributed by atoms with Gasteiger partial charge < -0.3 is 20.1 Å². The number of para-hydroxylation sites is 1. The van der Waals surface area contributed by atoms with Crippen LogP contribution in [0, 0.1) is 0 Å². The molecule has 26 heavy (non-hydrogen) atoms. The fourth-order valence-electron chi connectivity index (χ4n) is 3.11. The summed E-state index contributed by atoms with van der Waals surface area (Å²) in [5.74, 6) is 1.10. The number of ketones is 1. The second-order valence-electron chi connectivity index (χ2n) is 5.85. The Morgan fingerprint density at radius 3 is 2.42 bits per heavy atom. The molecule has 2 N–H and O–H groups in total. The lowest BCUT2D eigenvalue weighted by molar-refractivity contribution is 0.102. The standard InChI is InChI=1S/C20H20N2O3S/c1-12-16(18(23)13-8-5-4-6-9-13)17(22-20(26)21-12)14-10-7-11-15(24-2)19(14)25-3/h4-11,17H,1-3H3,(H2,21,22,26)/t17-/m0/s1. The average molecular weight is 368 g/mol. The second kappa shape index (κ2) is 7.58. The first kappa shape index (κ1) is 17.9. The van der Waals surface area contributed by atoms with Gasteiger partial charge >= 0.3 is 0 Å². The molecular weight excluding hydrogens is 348 g/mol. The minimum atomic E-state index is -0.443. The number of rotatable bonds is 5. The Morgan fingerprint density at radius 1 is 1.04 bits per heavy atom. The molecule has 2 aromatic rings. The Bertz CT molecular complexity index is 878. The third-order valence-electron chi connectivity index (χ3n) is 4.29. The van der Waals surface area contributed by atoms with Gasteiger partial charge in [0.1, 0.15) is 0 Å². The predicted octanol–water partition coefficient (Wildman–Crippen LogP) is 3.38. The third-order valence-corrected chi connectivity index (χ3v) is 4.51. The topological polar surface area (TPSA) is 59.6 Å². The maximum absolute atomic E-state index is 13.2. The number of carbonyl (C=O) groups is 1. The predicted molar refractivity (Wildman–Crippen MR) is 105 cm³/mol. The molecule has 0 aromatic heterocycles. The van der Waals surface area contributed by atoms with Crippen LogP contribution in [-0.2, 0) is 0 Å². The van der Waals surface area contributed by atoms with Gasteiger partial charge in [0, 0.05) is 22.4 Å². The number of Topliss-reactive ketones (excluding diaryl/α,β-unsaturated/α-hetero) is 1. The number of carbonyl (C=O) groups excluding carboxylic acids is 1. The second-order valence-corrected chi connectivity index (χ2v) is 6.26. The summed E-state index contributed by atoms with van der Waals surface area (Å²) >= 11 is 5.32. The summed E-state index contributed by atoms with van der Waals surface area (Å²) in [6.45, 7) is 1.85. The van der Waals surface area contributed by atoms with E-state index >= 15 is 0 Å². The first-order valence-corrected chi connectivity index (χ1v) is 8.56. The van der Waals surface area contributed by atoms with Crippen LogP contribution in [0.3, 0.4) is 0 Å². The maximum Gasteiger partial charge on any atom is 0.193 e.